The van der Waals surface area contributed by atoms with Gasteiger partial charge in [0.1, 0.15) is 0 Å². The zero-order valence-electron chi connectivity index (χ0n) is 11.8. The van der Waals surface area contributed by atoms with E-state index in [0.717, 1.165) is 19.4 Å². The highest BCUT2D eigenvalue weighted by Gasteiger charge is 2.27. The topological polar surface area (TPSA) is 29.1 Å². The van der Waals surface area contributed by atoms with Gasteiger partial charge in [0.25, 0.3) is 0 Å². The molecule has 0 aliphatic heterocycles. The molecule has 0 spiro atoms. The average Bonchev–Trinajstić information content (AvgIpc) is 2.90. The maximum atomic E-state index is 12.3. The molecule has 1 N–H and O–H groups in total. The second kappa shape index (κ2) is 6.30. The van der Waals surface area contributed by atoms with Crippen molar-refractivity contribution in [1.82, 2.24) is 5.32 Å². The summed E-state index contributed by atoms with van der Waals surface area (Å²) in [5.74, 6) is 1.08. The molecule has 3 rings (SSSR count). The molecule has 0 saturated heterocycles. The van der Waals surface area contributed by atoms with Crippen LogP contribution in [0.4, 0.5) is 0 Å². The quantitative estimate of drug-likeness (QED) is 0.842. The molecule has 0 heterocycles. The van der Waals surface area contributed by atoms with E-state index in [-0.39, 0.29) is 11.8 Å². The highest BCUT2D eigenvalue weighted by atomic mass is 79.9. The van der Waals surface area contributed by atoms with E-state index >= 15 is 0 Å². The van der Waals surface area contributed by atoms with E-state index in [1.54, 1.807) is 0 Å². The van der Waals surface area contributed by atoms with Crippen molar-refractivity contribution in [1.29, 1.82) is 0 Å². The number of nitrogens with one attached hydrogen (secondary N) is 1. The number of fused-ring (bicyclic) bond motifs is 1. The summed E-state index contributed by atoms with van der Waals surface area (Å²) in [7, 11) is 0. The molecular weight excluding hydrogens is 314 g/mol. The fourth-order valence-corrected chi connectivity index (χ4v) is 3.99. The van der Waals surface area contributed by atoms with Gasteiger partial charge in [0.15, 0.2) is 0 Å². The van der Waals surface area contributed by atoms with Crippen LogP contribution >= 0.6 is 15.9 Å². The largest absolute Gasteiger partial charge is 0.356 e. The number of hydrogen-bond donors (Lipinski definition) is 1. The summed E-state index contributed by atoms with van der Waals surface area (Å²) in [4.78, 5) is 13.0. The summed E-state index contributed by atoms with van der Waals surface area (Å²) >= 11 is 3.68. The summed E-state index contributed by atoms with van der Waals surface area (Å²) in [5.41, 5.74) is 2.71. The molecule has 1 fully saturated rings. The highest BCUT2D eigenvalue weighted by molar-refractivity contribution is 9.09. The van der Waals surface area contributed by atoms with E-state index in [1.165, 1.54) is 36.8 Å². The van der Waals surface area contributed by atoms with Gasteiger partial charge in [-0.05, 0) is 55.6 Å². The van der Waals surface area contributed by atoms with Gasteiger partial charge in [-0.2, -0.15) is 0 Å². The molecule has 0 radical (unpaired) electrons. The van der Waals surface area contributed by atoms with Gasteiger partial charge >= 0.3 is 0 Å². The molecule has 2 aliphatic rings. The van der Waals surface area contributed by atoms with Crippen LogP contribution in [0.1, 0.15) is 36.8 Å². The molecule has 1 saturated carbocycles. The van der Waals surface area contributed by atoms with Crippen LogP contribution in [0, 0.1) is 11.8 Å². The van der Waals surface area contributed by atoms with Crippen LogP contribution in [0.15, 0.2) is 24.3 Å². The molecule has 2 nitrogen and oxygen atoms in total. The molecule has 1 amide bonds. The zero-order chi connectivity index (χ0) is 13.9. The minimum absolute atomic E-state index is 0.153. The van der Waals surface area contributed by atoms with E-state index in [4.69, 9.17) is 0 Å². The van der Waals surface area contributed by atoms with Crippen LogP contribution in [0.2, 0.25) is 0 Å². The Labute approximate surface area is 129 Å². The van der Waals surface area contributed by atoms with Gasteiger partial charge in [-0.3, -0.25) is 4.79 Å². The van der Waals surface area contributed by atoms with Crippen molar-refractivity contribution in [3.63, 3.8) is 0 Å². The Hall–Kier alpha value is -0.830. The van der Waals surface area contributed by atoms with Crippen LogP contribution in [-0.4, -0.2) is 17.3 Å². The summed E-state index contributed by atoms with van der Waals surface area (Å²) < 4.78 is 0. The lowest BCUT2D eigenvalue weighted by molar-refractivity contribution is -0.124. The number of carbonyl (C=O) groups excluding carboxylic acids is 1. The Bertz CT molecular complexity index is 455. The minimum Gasteiger partial charge on any atom is -0.356 e. The number of alkyl halides is 1. The fraction of sp³-hybridized carbons (Fsp3) is 0.588. The first-order valence-electron chi connectivity index (χ1n) is 7.71. The summed E-state index contributed by atoms with van der Waals surface area (Å²) in [6, 6.07) is 8.44. The highest BCUT2D eigenvalue weighted by Crippen LogP contribution is 2.29. The maximum Gasteiger partial charge on any atom is 0.223 e. The van der Waals surface area contributed by atoms with E-state index in [1.807, 2.05) is 0 Å². The third-order valence-corrected chi connectivity index (χ3v) is 5.68. The molecule has 1 aromatic rings. The first-order chi connectivity index (χ1) is 9.72. The summed E-state index contributed by atoms with van der Waals surface area (Å²) in [6.07, 6.45) is 6.79. The smallest absolute Gasteiger partial charge is 0.223 e. The van der Waals surface area contributed by atoms with Crippen molar-refractivity contribution in [2.75, 3.05) is 6.54 Å². The number of hydrogen-bond acceptors (Lipinski definition) is 1. The first kappa shape index (κ1) is 14.1. The predicted octanol–water partition coefficient (Wildman–Crippen LogP) is 3.47. The zero-order valence-corrected chi connectivity index (χ0v) is 13.4. The number of halogens is 1. The molecule has 1 aromatic carbocycles. The Morgan fingerprint density at radius 2 is 1.70 bits per heavy atom. The predicted molar refractivity (Wildman–Crippen MR) is 85.0 cm³/mol. The Morgan fingerprint density at radius 3 is 2.30 bits per heavy atom. The first-order valence-corrected chi connectivity index (χ1v) is 8.62. The number of rotatable bonds is 3. The second-order valence-electron chi connectivity index (χ2n) is 6.24. The van der Waals surface area contributed by atoms with E-state index in [9.17, 15) is 4.79 Å². The van der Waals surface area contributed by atoms with Crippen LogP contribution in [0.5, 0.6) is 0 Å². The molecule has 2 aliphatic carbocycles. The Morgan fingerprint density at radius 1 is 1.10 bits per heavy atom. The molecule has 108 valence electrons. The molecule has 0 aromatic heterocycles. The fourth-order valence-electron chi connectivity index (χ4n) is 3.46. The van der Waals surface area contributed by atoms with Crippen LogP contribution in [0.3, 0.4) is 0 Å². The monoisotopic (exact) mass is 335 g/mol. The van der Waals surface area contributed by atoms with Crippen molar-refractivity contribution < 1.29 is 4.79 Å². The third-order valence-electron chi connectivity index (χ3n) is 4.76. The average molecular weight is 336 g/mol. The van der Waals surface area contributed by atoms with Gasteiger partial charge in [0.05, 0.1) is 0 Å². The molecule has 0 bridgehead atoms. The van der Waals surface area contributed by atoms with Gasteiger partial charge in [-0.25, -0.2) is 0 Å². The number of benzene rings is 1. The van der Waals surface area contributed by atoms with Crippen molar-refractivity contribution in [3.8, 4) is 0 Å². The second-order valence-corrected chi connectivity index (χ2v) is 7.53. The normalized spacial score (nSPS) is 26.2. The van der Waals surface area contributed by atoms with Crippen LogP contribution in [0.25, 0.3) is 0 Å². The molecule has 0 unspecified atom stereocenters. The molecule has 20 heavy (non-hydrogen) atoms. The van der Waals surface area contributed by atoms with Gasteiger partial charge in [0, 0.05) is 17.3 Å². The lowest BCUT2D eigenvalue weighted by Crippen LogP contribution is -2.36. The Kier molecular flexibility index (Phi) is 4.45. The minimum atomic E-state index is 0.153. The van der Waals surface area contributed by atoms with Gasteiger partial charge in [-0.1, -0.05) is 40.2 Å². The number of amides is 1. The van der Waals surface area contributed by atoms with Crippen LogP contribution in [-0.2, 0) is 17.6 Å². The lowest BCUT2D eigenvalue weighted by atomic mass is 9.89. The van der Waals surface area contributed by atoms with Gasteiger partial charge in [-0.15, -0.1) is 0 Å². The van der Waals surface area contributed by atoms with Crippen molar-refractivity contribution in [2.45, 2.75) is 43.4 Å². The standard InChI is InChI=1S/C17H22BrNO/c18-16-7-5-12(6-8-16)11-19-17(20)15-9-13-3-1-2-4-14(13)10-15/h1-4,12,15-16H,5-11H2,(H,19,20). The van der Waals surface area contributed by atoms with E-state index in [2.05, 4.69) is 45.5 Å². The number of carbonyl (C=O) groups is 1. The maximum absolute atomic E-state index is 12.3. The van der Waals surface area contributed by atoms with Crippen molar-refractivity contribution in [2.24, 2.45) is 11.8 Å². The lowest BCUT2D eigenvalue weighted by Gasteiger charge is -2.25. The van der Waals surface area contributed by atoms with Gasteiger partial charge < -0.3 is 5.32 Å². The third kappa shape index (κ3) is 3.25. The molecule has 0 atom stereocenters. The SMILES string of the molecule is O=C(NCC1CCC(Br)CC1)C1Cc2ccccc2C1. The van der Waals surface area contributed by atoms with Crippen molar-refractivity contribution >= 4 is 21.8 Å². The van der Waals surface area contributed by atoms with E-state index < -0.39 is 0 Å². The van der Waals surface area contributed by atoms with E-state index in [0.29, 0.717) is 10.7 Å². The van der Waals surface area contributed by atoms with Gasteiger partial charge in [0.2, 0.25) is 5.91 Å². The molecular formula is C17H22BrNO. The Balaban J connectivity index is 1.47. The van der Waals surface area contributed by atoms with Crippen LogP contribution < -0.4 is 5.32 Å². The van der Waals surface area contributed by atoms with Crippen molar-refractivity contribution in [3.05, 3.63) is 35.4 Å². The molecule has 3 heteroatoms. The summed E-state index contributed by atoms with van der Waals surface area (Å²) in [5, 5.41) is 3.19. The summed E-state index contributed by atoms with van der Waals surface area (Å²) in [6.45, 7) is 0.866.